The molecule has 4 rings (SSSR count). The summed E-state index contributed by atoms with van der Waals surface area (Å²) < 4.78 is 7.92. The monoisotopic (exact) mass is 491 g/mol. The molecule has 1 unspecified atom stereocenters. The number of unbranched alkanes of at least 4 members (excludes halogenated alkanes) is 1. The minimum Gasteiger partial charge on any atom is -0.493 e. The van der Waals surface area contributed by atoms with Crippen molar-refractivity contribution in [3.63, 3.8) is 0 Å². The molecule has 2 aromatic carbocycles. The van der Waals surface area contributed by atoms with Crippen molar-refractivity contribution in [2.24, 2.45) is 0 Å². The molecule has 0 radical (unpaired) electrons. The van der Waals surface area contributed by atoms with Gasteiger partial charge in [0.15, 0.2) is 0 Å². The highest BCUT2D eigenvalue weighted by Gasteiger charge is 2.36. The van der Waals surface area contributed by atoms with Crippen molar-refractivity contribution >= 4 is 29.3 Å². The molecular formula is C27H33N5O2S. The third kappa shape index (κ3) is 5.53. The van der Waals surface area contributed by atoms with E-state index in [-0.39, 0.29) is 5.91 Å². The zero-order chi connectivity index (χ0) is 24.8. The van der Waals surface area contributed by atoms with Gasteiger partial charge in [0.25, 0.3) is 5.91 Å². The average Bonchev–Trinajstić information content (AvgIpc) is 3.26. The van der Waals surface area contributed by atoms with Crippen LogP contribution >= 0.6 is 11.8 Å². The number of thioether (sulfide) groups is 1. The highest BCUT2D eigenvalue weighted by Crippen LogP contribution is 2.40. The molecule has 0 aliphatic carbocycles. The lowest BCUT2D eigenvalue weighted by atomic mass is 9.94. The minimum absolute atomic E-state index is 0.180. The number of nitrogens with zero attached hydrogens (tertiary/aromatic N) is 3. The Bertz CT molecular complexity index is 1220. The van der Waals surface area contributed by atoms with E-state index in [2.05, 4.69) is 24.5 Å². The molecule has 7 nitrogen and oxygen atoms in total. The van der Waals surface area contributed by atoms with Gasteiger partial charge in [-0.25, -0.2) is 4.68 Å². The maximum Gasteiger partial charge on any atom is 0.255 e. The maximum atomic E-state index is 13.8. The van der Waals surface area contributed by atoms with E-state index in [4.69, 9.17) is 14.8 Å². The first-order valence-corrected chi connectivity index (χ1v) is 13.2. The molecule has 1 atom stereocenters. The van der Waals surface area contributed by atoms with Crippen molar-refractivity contribution in [2.75, 3.05) is 23.0 Å². The first-order chi connectivity index (χ1) is 17.0. The van der Waals surface area contributed by atoms with Crippen LogP contribution in [0.15, 0.2) is 65.0 Å². The number of anilines is 2. The lowest BCUT2D eigenvalue weighted by molar-refractivity contribution is -0.113. The Kier molecular flexibility index (Phi) is 8.13. The van der Waals surface area contributed by atoms with E-state index in [1.54, 1.807) is 11.8 Å². The molecule has 0 fully saturated rings. The highest BCUT2D eigenvalue weighted by molar-refractivity contribution is 7.99. The number of carbonyl (C=O) groups excluding carboxylic acids is 1. The molecule has 0 bridgehead atoms. The largest absolute Gasteiger partial charge is 0.493 e. The van der Waals surface area contributed by atoms with Crippen molar-refractivity contribution < 1.29 is 9.53 Å². The van der Waals surface area contributed by atoms with Crippen LogP contribution in [-0.2, 0) is 4.79 Å². The van der Waals surface area contributed by atoms with Crippen LogP contribution in [0.25, 0.3) is 0 Å². The van der Waals surface area contributed by atoms with E-state index in [9.17, 15) is 4.79 Å². The van der Waals surface area contributed by atoms with Gasteiger partial charge in [-0.3, -0.25) is 4.79 Å². The zero-order valence-electron chi connectivity index (χ0n) is 20.8. The fourth-order valence-electron chi connectivity index (χ4n) is 4.03. The SMILES string of the molecule is CCCCSc1nc2n(n1)C(c1ccccc1OCCC)C(C(=O)Nc1ccccc1C)=C(C)N2. The number of ether oxygens (including phenoxy) is 1. The van der Waals surface area contributed by atoms with Crippen LogP contribution in [0, 0.1) is 6.92 Å². The number of rotatable bonds is 10. The number of para-hydroxylation sites is 2. The predicted octanol–water partition coefficient (Wildman–Crippen LogP) is 6.20. The third-order valence-electron chi connectivity index (χ3n) is 5.88. The number of hydrogen-bond donors (Lipinski definition) is 2. The zero-order valence-corrected chi connectivity index (χ0v) is 21.6. The van der Waals surface area contributed by atoms with Crippen LogP contribution in [0.3, 0.4) is 0 Å². The van der Waals surface area contributed by atoms with E-state index in [0.717, 1.165) is 53.3 Å². The molecule has 2 heterocycles. The predicted molar refractivity (Wildman–Crippen MR) is 142 cm³/mol. The number of aryl methyl sites for hydroxylation is 1. The molecule has 1 aliphatic rings. The van der Waals surface area contributed by atoms with Crippen molar-refractivity contribution in [3.05, 3.63) is 70.9 Å². The first-order valence-electron chi connectivity index (χ1n) is 12.2. The molecule has 8 heteroatoms. The van der Waals surface area contributed by atoms with Crippen molar-refractivity contribution in [3.8, 4) is 5.75 Å². The Hall–Kier alpha value is -3.26. The van der Waals surface area contributed by atoms with Gasteiger partial charge in [0.2, 0.25) is 11.1 Å². The summed E-state index contributed by atoms with van der Waals surface area (Å²) in [6, 6.07) is 15.2. The summed E-state index contributed by atoms with van der Waals surface area (Å²) in [5.41, 5.74) is 4.00. The lowest BCUT2D eigenvalue weighted by Gasteiger charge is -2.29. The third-order valence-corrected chi connectivity index (χ3v) is 6.80. The molecule has 1 aromatic heterocycles. The van der Waals surface area contributed by atoms with Gasteiger partial charge in [-0.1, -0.05) is 68.4 Å². The van der Waals surface area contributed by atoms with E-state index in [1.807, 2.05) is 67.1 Å². The minimum atomic E-state index is -0.476. The number of carbonyl (C=O) groups is 1. The Labute approximate surface area is 211 Å². The summed E-state index contributed by atoms with van der Waals surface area (Å²) in [7, 11) is 0. The Morgan fingerprint density at radius 1 is 1.11 bits per heavy atom. The summed E-state index contributed by atoms with van der Waals surface area (Å²) >= 11 is 1.64. The second-order valence-electron chi connectivity index (χ2n) is 8.59. The second-order valence-corrected chi connectivity index (χ2v) is 9.65. The summed E-state index contributed by atoms with van der Waals surface area (Å²) in [4.78, 5) is 18.5. The van der Waals surface area contributed by atoms with Gasteiger partial charge in [-0.2, -0.15) is 4.98 Å². The van der Waals surface area contributed by atoms with Crippen LogP contribution in [0.4, 0.5) is 11.6 Å². The van der Waals surface area contributed by atoms with E-state index in [0.29, 0.717) is 23.3 Å². The highest BCUT2D eigenvalue weighted by atomic mass is 32.2. The van der Waals surface area contributed by atoms with E-state index >= 15 is 0 Å². The number of hydrogen-bond acceptors (Lipinski definition) is 6. The topological polar surface area (TPSA) is 81.1 Å². The number of amides is 1. The molecule has 184 valence electrons. The van der Waals surface area contributed by atoms with Gasteiger partial charge in [-0.05, 0) is 44.4 Å². The molecule has 0 spiro atoms. The van der Waals surface area contributed by atoms with Gasteiger partial charge in [-0.15, -0.1) is 5.10 Å². The average molecular weight is 492 g/mol. The van der Waals surface area contributed by atoms with Crippen LogP contribution < -0.4 is 15.4 Å². The van der Waals surface area contributed by atoms with Gasteiger partial charge >= 0.3 is 0 Å². The van der Waals surface area contributed by atoms with Crippen LogP contribution in [0.5, 0.6) is 5.75 Å². The number of fused-ring (bicyclic) bond motifs is 1. The van der Waals surface area contributed by atoms with E-state index in [1.165, 1.54) is 0 Å². The van der Waals surface area contributed by atoms with Crippen molar-refractivity contribution in [1.29, 1.82) is 0 Å². The maximum absolute atomic E-state index is 13.8. The van der Waals surface area contributed by atoms with Gasteiger partial charge in [0.1, 0.15) is 11.8 Å². The Morgan fingerprint density at radius 3 is 2.66 bits per heavy atom. The molecule has 3 aromatic rings. The van der Waals surface area contributed by atoms with Gasteiger partial charge in [0.05, 0.1) is 12.2 Å². The number of nitrogens with one attached hydrogen (secondary N) is 2. The quantitative estimate of drug-likeness (QED) is 0.260. The molecule has 2 N–H and O–H groups in total. The number of allylic oxidation sites excluding steroid dienone is 1. The summed E-state index contributed by atoms with van der Waals surface area (Å²) in [6.07, 6.45) is 3.11. The first kappa shape index (κ1) is 24.9. The van der Waals surface area contributed by atoms with Crippen LogP contribution in [-0.4, -0.2) is 33.0 Å². The lowest BCUT2D eigenvalue weighted by Crippen LogP contribution is -2.32. The summed E-state index contributed by atoms with van der Waals surface area (Å²) in [5.74, 6) is 2.15. The number of benzene rings is 2. The number of aromatic nitrogens is 3. The fraction of sp³-hybridized carbons (Fsp3) is 0.370. The summed E-state index contributed by atoms with van der Waals surface area (Å²) in [5, 5.41) is 12.0. The van der Waals surface area contributed by atoms with Gasteiger partial charge < -0.3 is 15.4 Å². The Morgan fingerprint density at radius 2 is 1.89 bits per heavy atom. The standard InChI is InChI=1S/C27H33N5O2S/c1-5-7-17-35-27-30-26-28-19(4)23(25(33)29-21-14-10-8-12-18(21)3)24(32(26)31-27)20-13-9-11-15-22(20)34-16-6-2/h8-15,24H,5-7,16-17H2,1-4H3,(H,29,33)(H,28,30,31). The molecule has 1 aliphatic heterocycles. The van der Waals surface area contributed by atoms with Crippen LogP contribution in [0.2, 0.25) is 0 Å². The summed E-state index contributed by atoms with van der Waals surface area (Å²) in [6.45, 7) is 8.74. The normalized spacial score (nSPS) is 14.9. The molecule has 35 heavy (non-hydrogen) atoms. The molecule has 0 saturated carbocycles. The second kappa shape index (κ2) is 11.4. The van der Waals surface area contributed by atoms with Crippen molar-refractivity contribution in [1.82, 2.24) is 14.8 Å². The smallest absolute Gasteiger partial charge is 0.255 e. The van der Waals surface area contributed by atoms with Crippen LogP contribution in [0.1, 0.15) is 57.2 Å². The molecular weight excluding hydrogens is 458 g/mol. The van der Waals surface area contributed by atoms with E-state index < -0.39 is 6.04 Å². The Balaban J connectivity index is 1.77. The van der Waals surface area contributed by atoms with Gasteiger partial charge in [0, 0.05) is 22.7 Å². The van der Waals surface area contributed by atoms with Crippen molar-refractivity contribution in [2.45, 2.75) is 58.2 Å². The molecule has 1 amide bonds. The fourth-order valence-corrected chi connectivity index (χ4v) is 4.95. The molecule has 0 saturated heterocycles.